The Labute approximate surface area is 205 Å². The average Bonchev–Trinajstić information content (AvgIpc) is 3.39. The smallest absolute Gasteiger partial charge is 0.253 e. The van der Waals surface area contributed by atoms with Crippen LogP contribution >= 0.6 is 0 Å². The lowest BCUT2D eigenvalue weighted by molar-refractivity contribution is -0.114. The zero-order valence-corrected chi connectivity index (χ0v) is 20.2. The zero-order chi connectivity index (χ0) is 25.0. The van der Waals surface area contributed by atoms with Crippen LogP contribution in [0.4, 0.5) is 11.4 Å². The molecule has 3 amide bonds. The number of carbonyl (C=O) groups is 3. The second kappa shape index (κ2) is 13.0. The molecule has 8 nitrogen and oxygen atoms in total. The normalized spacial score (nSPS) is 10.5. The van der Waals surface area contributed by atoms with E-state index in [9.17, 15) is 14.4 Å². The van der Waals surface area contributed by atoms with E-state index in [-0.39, 0.29) is 30.8 Å². The van der Waals surface area contributed by atoms with Crippen molar-refractivity contribution in [3.05, 3.63) is 83.8 Å². The topological polar surface area (TPSA) is 104 Å². The van der Waals surface area contributed by atoms with E-state index in [1.54, 1.807) is 60.9 Å². The SMILES string of the molecule is CCCN(CCC)C(=O)c1cccc(NCC(=O)Nc2cccc(C(=O)NCc3ccco3)c2)c1. The predicted octanol–water partition coefficient (Wildman–Crippen LogP) is 4.52. The van der Waals surface area contributed by atoms with Crippen LogP contribution in [0.25, 0.3) is 0 Å². The standard InChI is InChI=1S/C27H32N4O4/c1-3-13-31(14-4-2)27(34)21-9-6-10-22(17-21)28-19-25(32)30-23-11-5-8-20(16-23)26(33)29-18-24-12-7-15-35-24/h5-12,15-17,28H,3-4,13-14,18-19H2,1-2H3,(H,29,33)(H,30,32). The Morgan fingerprint density at radius 3 is 2.23 bits per heavy atom. The molecular formula is C27H32N4O4. The molecule has 0 bridgehead atoms. The Kier molecular flexibility index (Phi) is 9.48. The van der Waals surface area contributed by atoms with E-state index in [2.05, 4.69) is 29.8 Å². The summed E-state index contributed by atoms with van der Waals surface area (Å²) in [5, 5.41) is 8.63. The number of hydrogen-bond donors (Lipinski definition) is 3. The molecule has 35 heavy (non-hydrogen) atoms. The summed E-state index contributed by atoms with van der Waals surface area (Å²) in [6, 6.07) is 17.4. The minimum atomic E-state index is -0.270. The van der Waals surface area contributed by atoms with Crippen molar-refractivity contribution in [2.45, 2.75) is 33.2 Å². The molecule has 0 saturated heterocycles. The zero-order valence-electron chi connectivity index (χ0n) is 20.2. The quantitative estimate of drug-likeness (QED) is 0.357. The van der Waals surface area contributed by atoms with Crippen LogP contribution in [0.3, 0.4) is 0 Å². The Balaban J connectivity index is 1.54. The largest absolute Gasteiger partial charge is 0.467 e. The molecule has 0 radical (unpaired) electrons. The molecule has 3 N–H and O–H groups in total. The monoisotopic (exact) mass is 476 g/mol. The van der Waals surface area contributed by atoms with Gasteiger partial charge >= 0.3 is 0 Å². The molecule has 0 fully saturated rings. The van der Waals surface area contributed by atoms with Gasteiger partial charge in [0.05, 0.1) is 19.4 Å². The van der Waals surface area contributed by atoms with Crippen LogP contribution in [0.15, 0.2) is 71.3 Å². The van der Waals surface area contributed by atoms with Crippen LogP contribution in [0.2, 0.25) is 0 Å². The second-order valence-corrected chi connectivity index (χ2v) is 8.12. The molecule has 3 aromatic rings. The van der Waals surface area contributed by atoms with Crippen molar-refractivity contribution in [1.82, 2.24) is 10.2 Å². The molecule has 8 heteroatoms. The Morgan fingerprint density at radius 1 is 0.857 bits per heavy atom. The fourth-order valence-electron chi connectivity index (χ4n) is 3.61. The highest BCUT2D eigenvalue weighted by Gasteiger charge is 2.15. The highest BCUT2D eigenvalue weighted by molar-refractivity contribution is 5.98. The summed E-state index contributed by atoms with van der Waals surface area (Å²) in [7, 11) is 0. The summed E-state index contributed by atoms with van der Waals surface area (Å²) < 4.78 is 5.21. The van der Waals surface area contributed by atoms with Crippen molar-refractivity contribution in [2.75, 3.05) is 30.3 Å². The molecule has 0 aliphatic heterocycles. The molecule has 1 aromatic heterocycles. The fourth-order valence-corrected chi connectivity index (χ4v) is 3.61. The first kappa shape index (κ1) is 25.6. The van der Waals surface area contributed by atoms with Crippen LogP contribution in [-0.2, 0) is 11.3 Å². The van der Waals surface area contributed by atoms with Crippen LogP contribution < -0.4 is 16.0 Å². The van der Waals surface area contributed by atoms with Crippen LogP contribution in [0.1, 0.15) is 53.2 Å². The summed E-state index contributed by atoms with van der Waals surface area (Å²) in [5.41, 5.74) is 2.22. The molecule has 3 rings (SSSR count). The van der Waals surface area contributed by atoms with Gasteiger partial charge in [-0.1, -0.05) is 26.0 Å². The molecule has 0 unspecified atom stereocenters. The fraction of sp³-hybridized carbons (Fsp3) is 0.296. The van der Waals surface area contributed by atoms with E-state index < -0.39 is 0 Å². The summed E-state index contributed by atoms with van der Waals surface area (Å²) in [4.78, 5) is 39.6. The molecule has 0 aliphatic carbocycles. The van der Waals surface area contributed by atoms with Crippen molar-refractivity contribution >= 4 is 29.1 Å². The number of carbonyl (C=O) groups excluding carboxylic acids is 3. The maximum Gasteiger partial charge on any atom is 0.253 e. The lowest BCUT2D eigenvalue weighted by atomic mass is 10.1. The third kappa shape index (κ3) is 7.74. The van der Waals surface area contributed by atoms with Gasteiger partial charge in [-0.05, 0) is 61.4 Å². The van der Waals surface area contributed by atoms with Gasteiger partial charge in [0.2, 0.25) is 5.91 Å². The number of hydrogen-bond acceptors (Lipinski definition) is 5. The lowest BCUT2D eigenvalue weighted by Gasteiger charge is -2.21. The highest BCUT2D eigenvalue weighted by Crippen LogP contribution is 2.15. The first-order chi connectivity index (χ1) is 17.0. The number of furan rings is 1. The van der Waals surface area contributed by atoms with E-state index in [0.29, 0.717) is 41.4 Å². The first-order valence-electron chi connectivity index (χ1n) is 11.8. The van der Waals surface area contributed by atoms with Crippen LogP contribution in [-0.4, -0.2) is 42.3 Å². The van der Waals surface area contributed by atoms with Crippen molar-refractivity contribution in [3.8, 4) is 0 Å². The van der Waals surface area contributed by atoms with Crippen LogP contribution in [0, 0.1) is 0 Å². The van der Waals surface area contributed by atoms with Gasteiger partial charge in [-0.2, -0.15) is 0 Å². The molecular weight excluding hydrogens is 444 g/mol. The molecule has 184 valence electrons. The summed E-state index contributed by atoms with van der Waals surface area (Å²) in [6.45, 7) is 5.83. The minimum Gasteiger partial charge on any atom is -0.467 e. The summed E-state index contributed by atoms with van der Waals surface area (Å²) in [5.74, 6) is 0.109. The third-order valence-corrected chi connectivity index (χ3v) is 5.25. The predicted molar refractivity (Wildman–Crippen MR) is 136 cm³/mol. The first-order valence-corrected chi connectivity index (χ1v) is 11.8. The van der Waals surface area contributed by atoms with Crippen molar-refractivity contribution in [1.29, 1.82) is 0 Å². The minimum absolute atomic E-state index is 0.0102. The molecule has 0 saturated carbocycles. The van der Waals surface area contributed by atoms with Gasteiger partial charge in [-0.25, -0.2) is 0 Å². The van der Waals surface area contributed by atoms with E-state index in [1.165, 1.54) is 0 Å². The number of amides is 3. The molecule has 2 aromatic carbocycles. The van der Waals surface area contributed by atoms with Gasteiger partial charge < -0.3 is 25.3 Å². The average molecular weight is 477 g/mol. The van der Waals surface area contributed by atoms with Gasteiger partial charge in [0.25, 0.3) is 11.8 Å². The summed E-state index contributed by atoms with van der Waals surface area (Å²) in [6.07, 6.45) is 3.35. The summed E-state index contributed by atoms with van der Waals surface area (Å²) >= 11 is 0. The molecule has 0 aliphatic rings. The number of benzene rings is 2. The molecule has 0 atom stereocenters. The Bertz CT molecular complexity index is 1120. The van der Waals surface area contributed by atoms with E-state index in [0.717, 1.165) is 12.8 Å². The highest BCUT2D eigenvalue weighted by atomic mass is 16.3. The lowest BCUT2D eigenvalue weighted by Crippen LogP contribution is -2.32. The third-order valence-electron chi connectivity index (χ3n) is 5.25. The Morgan fingerprint density at radius 2 is 1.54 bits per heavy atom. The van der Waals surface area contributed by atoms with Crippen molar-refractivity contribution in [2.24, 2.45) is 0 Å². The number of nitrogens with one attached hydrogen (secondary N) is 3. The van der Waals surface area contributed by atoms with Gasteiger partial charge in [0.15, 0.2) is 0 Å². The van der Waals surface area contributed by atoms with Crippen molar-refractivity contribution < 1.29 is 18.8 Å². The second-order valence-electron chi connectivity index (χ2n) is 8.12. The van der Waals surface area contributed by atoms with Gasteiger partial charge in [-0.3, -0.25) is 14.4 Å². The Hall–Kier alpha value is -4.07. The van der Waals surface area contributed by atoms with Crippen LogP contribution in [0.5, 0.6) is 0 Å². The van der Waals surface area contributed by atoms with Gasteiger partial charge in [0.1, 0.15) is 5.76 Å². The maximum atomic E-state index is 12.8. The number of anilines is 2. The molecule has 0 spiro atoms. The van der Waals surface area contributed by atoms with E-state index >= 15 is 0 Å². The van der Waals surface area contributed by atoms with E-state index in [1.807, 2.05) is 11.0 Å². The molecule has 1 heterocycles. The van der Waals surface area contributed by atoms with Crippen molar-refractivity contribution in [3.63, 3.8) is 0 Å². The van der Waals surface area contributed by atoms with E-state index in [4.69, 9.17) is 4.42 Å². The number of rotatable bonds is 12. The number of nitrogens with zero attached hydrogens (tertiary/aromatic N) is 1. The van der Waals surface area contributed by atoms with Gasteiger partial charge in [0, 0.05) is 35.6 Å². The maximum absolute atomic E-state index is 12.8. The van der Waals surface area contributed by atoms with Gasteiger partial charge in [-0.15, -0.1) is 0 Å².